The summed E-state index contributed by atoms with van der Waals surface area (Å²) in [6, 6.07) is 4.92. The number of nitro benzene ring substituents is 1. The summed E-state index contributed by atoms with van der Waals surface area (Å²) < 4.78 is 5.02. The molecule has 0 spiro atoms. The van der Waals surface area contributed by atoms with E-state index >= 15 is 0 Å². The quantitative estimate of drug-likeness (QED) is 0.437. The van der Waals surface area contributed by atoms with Gasteiger partial charge in [0, 0.05) is 12.0 Å². The van der Waals surface area contributed by atoms with E-state index in [1.807, 2.05) is 6.07 Å². The predicted octanol–water partition coefficient (Wildman–Crippen LogP) is 1.29. The average Bonchev–Trinajstić information content (AvgIpc) is 2.04. The van der Waals surface area contributed by atoms with Crippen LogP contribution in [0, 0.1) is 10.1 Å². The fourth-order valence-corrected chi connectivity index (χ4v) is 1.40. The summed E-state index contributed by atoms with van der Waals surface area (Å²) in [7, 11) is 0. The Bertz CT molecular complexity index is 374. The van der Waals surface area contributed by atoms with E-state index in [-0.39, 0.29) is 17.3 Å². The lowest BCUT2D eigenvalue weighted by molar-refractivity contribution is -0.384. The Kier molecular flexibility index (Phi) is 2.09. The van der Waals surface area contributed by atoms with E-state index in [1.165, 1.54) is 6.07 Å². The first kappa shape index (κ1) is 8.96. The normalized spacial score (nSPS) is 16.3. The lowest BCUT2D eigenvalue weighted by atomic mass is 9.97. The van der Waals surface area contributed by atoms with E-state index < -0.39 is 4.92 Å². The molecule has 1 aromatic rings. The molecule has 1 aliphatic heterocycles. The third-order valence-corrected chi connectivity index (χ3v) is 2.36. The van der Waals surface area contributed by atoms with Crippen LogP contribution in [0.5, 0.6) is 0 Å². The maximum atomic E-state index is 10.6. The first-order valence-corrected chi connectivity index (χ1v) is 4.30. The van der Waals surface area contributed by atoms with Crippen LogP contribution in [0.4, 0.5) is 11.4 Å². The number of nitrogens with zero attached hydrogens (tertiary/aromatic N) is 1. The molecule has 0 aromatic heterocycles. The Hall–Kier alpha value is -1.62. The molecule has 1 fully saturated rings. The molecule has 0 unspecified atom stereocenters. The van der Waals surface area contributed by atoms with E-state index in [0.29, 0.717) is 13.2 Å². The number of hydrogen-bond donors (Lipinski definition) is 1. The van der Waals surface area contributed by atoms with Crippen molar-refractivity contribution in [2.24, 2.45) is 0 Å². The van der Waals surface area contributed by atoms with Gasteiger partial charge in [-0.1, -0.05) is 6.07 Å². The number of benzene rings is 1. The minimum absolute atomic E-state index is 0.0191. The van der Waals surface area contributed by atoms with Gasteiger partial charge in [-0.2, -0.15) is 0 Å². The van der Waals surface area contributed by atoms with E-state index in [4.69, 9.17) is 10.5 Å². The second-order valence-electron chi connectivity index (χ2n) is 3.31. The molecular formula is C9H10N2O3. The van der Waals surface area contributed by atoms with Gasteiger partial charge in [-0.15, -0.1) is 0 Å². The van der Waals surface area contributed by atoms with Crippen LogP contribution in [-0.2, 0) is 4.74 Å². The number of hydrogen-bond acceptors (Lipinski definition) is 4. The zero-order valence-electron chi connectivity index (χ0n) is 7.47. The molecule has 5 heteroatoms. The molecule has 0 bridgehead atoms. The molecule has 0 amide bonds. The standard InChI is InChI=1S/C9H10N2O3/c10-8-2-1-6(7-4-14-5-7)3-9(8)11(12)13/h1-3,7H,4-5,10H2. The highest BCUT2D eigenvalue weighted by Crippen LogP contribution is 2.30. The minimum Gasteiger partial charge on any atom is -0.393 e. The molecule has 0 aliphatic carbocycles. The summed E-state index contributed by atoms with van der Waals surface area (Å²) in [5.41, 5.74) is 6.59. The third-order valence-electron chi connectivity index (χ3n) is 2.36. The predicted molar refractivity (Wildman–Crippen MR) is 51.1 cm³/mol. The number of nitro groups is 1. The Morgan fingerprint density at radius 3 is 2.71 bits per heavy atom. The summed E-state index contributed by atoms with van der Waals surface area (Å²) >= 11 is 0. The second kappa shape index (κ2) is 3.26. The Labute approximate surface area is 80.6 Å². The molecule has 2 N–H and O–H groups in total. The number of anilines is 1. The van der Waals surface area contributed by atoms with Gasteiger partial charge in [0.1, 0.15) is 5.69 Å². The molecule has 0 saturated carbocycles. The van der Waals surface area contributed by atoms with Crippen molar-refractivity contribution >= 4 is 11.4 Å². The highest BCUT2D eigenvalue weighted by atomic mass is 16.6. The molecular weight excluding hydrogens is 184 g/mol. The summed E-state index contributed by atoms with van der Waals surface area (Å²) in [4.78, 5) is 10.1. The zero-order valence-corrected chi connectivity index (χ0v) is 7.47. The SMILES string of the molecule is Nc1ccc(C2COC2)cc1[N+](=O)[O-]. The van der Waals surface area contributed by atoms with Crippen LogP contribution >= 0.6 is 0 Å². The summed E-state index contributed by atoms with van der Waals surface area (Å²) in [5, 5.41) is 10.6. The lowest BCUT2D eigenvalue weighted by Crippen LogP contribution is -2.25. The van der Waals surface area contributed by atoms with Crippen LogP contribution in [0.15, 0.2) is 18.2 Å². The monoisotopic (exact) mass is 194 g/mol. The highest BCUT2D eigenvalue weighted by molar-refractivity contribution is 5.59. The maximum absolute atomic E-state index is 10.6. The Morgan fingerprint density at radius 1 is 1.50 bits per heavy atom. The molecule has 0 radical (unpaired) electrons. The highest BCUT2D eigenvalue weighted by Gasteiger charge is 2.23. The molecule has 14 heavy (non-hydrogen) atoms. The molecule has 1 aromatic carbocycles. The molecule has 1 heterocycles. The number of nitrogen functional groups attached to an aromatic ring is 1. The van der Waals surface area contributed by atoms with Gasteiger partial charge in [-0.25, -0.2) is 0 Å². The number of rotatable bonds is 2. The topological polar surface area (TPSA) is 78.4 Å². The fourth-order valence-electron chi connectivity index (χ4n) is 1.40. The largest absolute Gasteiger partial charge is 0.393 e. The van der Waals surface area contributed by atoms with Gasteiger partial charge < -0.3 is 10.5 Å². The van der Waals surface area contributed by atoms with Crippen LogP contribution in [0.3, 0.4) is 0 Å². The van der Waals surface area contributed by atoms with Crippen LogP contribution in [0.2, 0.25) is 0 Å². The van der Waals surface area contributed by atoms with E-state index in [9.17, 15) is 10.1 Å². The van der Waals surface area contributed by atoms with Crippen LogP contribution in [0.25, 0.3) is 0 Å². The first-order valence-electron chi connectivity index (χ1n) is 4.30. The number of ether oxygens (including phenoxy) is 1. The van der Waals surface area contributed by atoms with Gasteiger partial charge in [-0.3, -0.25) is 10.1 Å². The van der Waals surface area contributed by atoms with Crippen molar-refractivity contribution in [3.05, 3.63) is 33.9 Å². The van der Waals surface area contributed by atoms with Gasteiger partial charge in [0.15, 0.2) is 0 Å². The van der Waals surface area contributed by atoms with E-state index in [2.05, 4.69) is 0 Å². The zero-order chi connectivity index (χ0) is 10.1. The van der Waals surface area contributed by atoms with E-state index in [1.54, 1.807) is 6.07 Å². The molecule has 5 nitrogen and oxygen atoms in total. The van der Waals surface area contributed by atoms with Crippen molar-refractivity contribution in [1.29, 1.82) is 0 Å². The molecule has 74 valence electrons. The van der Waals surface area contributed by atoms with Crippen molar-refractivity contribution < 1.29 is 9.66 Å². The van der Waals surface area contributed by atoms with Gasteiger partial charge in [0.25, 0.3) is 5.69 Å². The molecule has 0 atom stereocenters. The smallest absolute Gasteiger partial charge is 0.292 e. The molecule has 1 aliphatic rings. The van der Waals surface area contributed by atoms with Gasteiger partial charge in [0.2, 0.25) is 0 Å². The Balaban J connectivity index is 2.34. The van der Waals surface area contributed by atoms with Crippen molar-refractivity contribution in [3.63, 3.8) is 0 Å². The molecule has 1 saturated heterocycles. The molecule has 2 rings (SSSR count). The summed E-state index contributed by atoms with van der Waals surface area (Å²) in [6.45, 7) is 1.28. The summed E-state index contributed by atoms with van der Waals surface area (Å²) in [6.07, 6.45) is 0. The van der Waals surface area contributed by atoms with Gasteiger partial charge in [0.05, 0.1) is 18.1 Å². The van der Waals surface area contributed by atoms with Crippen LogP contribution < -0.4 is 5.73 Å². The maximum Gasteiger partial charge on any atom is 0.292 e. The van der Waals surface area contributed by atoms with Crippen molar-refractivity contribution in [3.8, 4) is 0 Å². The van der Waals surface area contributed by atoms with Crippen molar-refractivity contribution in [2.75, 3.05) is 18.9 Å². The van der Waals surface area contributed by atoms with Crippen molar-refractivity contribution in [2.45, 2.75) is 5.92 Å². The first-order chi connectivity index (χ1) is 6.68. The van der Waals surface area contributed by atoms with Crippen molar-refractivity contribution in [1.82, 2.24) is 0 Å². The average molecular weight is 194 g/mol. The Morgan fingerprint density at radius 2 is 2.21 bits per heavy atom. The fraction of sp³-hybridized carbons (Fsp3) is 0.333. The third kappa shape index (κ3) is 1.42. The van der Waals surface area contributed by atoms with Crippen LogP contribution in [0.1, 0.15) is 11.5 Å². The van der Waals surface area contributed by atoms with Crippen LogP contribution in [-0.4, -0.2) is 18.1 Å². The van der Waals surface area contributed by atoms with Gasteiger partial charge in [-0.05, 0) is 11.6 Å². The lowest BCUT2D eigenvalue weighted by Gasteiger charge is -2.26. The number of nitrogens with two attached hydrogens (primary N) is 1. The minimum atomic E-state index is -0.460. The second-order valence-corrected chi connectivity index (χ2v) is 3.31. The van der Waals surface area contributed by atoms with Gasteiger partial charge >= 0.3 is 0 Å². The van der Waals surface area contributed by atoms with E-state index in [0.717, 1.165) is 5.56 Å². The summed E-state index contributed by atoms with van der Waals surface area (Å²) in [5.74, 6) is 0.286.